The first-order chi connectivity index (χ1) is 19.0. The highest BCUT2D eigenvalue weighted by molar-refractivity contribution is 5.94. The van der Waals surface area contributed by atoms with Gasteiger partial charge in [-0.25, -0.2) is 4.79 Å². The molecule has 40 heavy (non-hydrogen) atoms. The molecule has 2 atom stereocenters. The van der Waals surface area contributed by atoms with Crippen LogP contribution in [0.25, 0.3) is 0 Å². The van der Waals surface area contributed by atoms with Gasteiger partial charge in [0.1, 0.15) is 17.7 Å². The fraction of sp³-hybridized carbons (Fsp3) is 0.419. The zero-order chi connectivity index (χ0) is 29.7. The monoisotopic (exact) mass is 548 g/mol. The number of benzene rings is 2. The van der Waals surface area contributed by atoms with E-state index in [0.29, 0.717) is 17.5 Å². The number of primary amides is 1. The Morgan fingerprint density at radius 2 is 1.68 bits per heavy atom. The minimum absolute atomic E-state index is 0.181. The molecule has 0 heterocycles. The number of hydrogen-bond donors (Lipinski definition) is 3. The summed E-state index contributed by atoms with van der Waals surface area (Å²) in [5.74, 6) is 0.711. The van der Waals surface area contributed by atoms with E-state index < -0.39 is 47.9 Å². The maximum Gasteiger partial charge on any atom is 0.408 e. The van der Waals surface area contributed by atoms with Crippen molar-refractivity contribution in [2.24, 2.45) is 5.73 Å². The van der Waals surface area contributed by atoms with Crippen LogP contribution in [0.15, 0.2) is 54.6 Å². The number of hydrogen-bond acceptors (Lipinski definition) is 5. The van der Waals surface area contributed by atoms with E-state index >= 15 is 0 Å². The molecule has 2 rings (SSSR count). The van der Waals surface area contributed by atoms with Crippen molar-refractivity contribution in [3.63, 3.8) is 0 Å². The summed E-state index contributed by atoms with van der Waals surface area (Å²) in [6.07, 6.45) is 6.67. The van der Waals surface area contributed by atoms with E-state index in [1.165, 1.54) is 4.90 Å². The zero-order valence-corrected chi connectivity index (χ0v) is 23.7. The van der Waals surface area contributed by atoms with Gasteiger partial charge in [-0.3, -0.25) is 14.4 Å². The topological polar surface area (TPSA) is 131 Å². The summed E-state index contributed by atoms with van der Waals surface area (Å²) in [6.45, 7) is 7.46. The van der Waals surface area contributed by atoms with Crippen molar-refractivity contribution in [3.8, 4) is 12.3 Å². The smallest absolute Gasteiger partial charge is 0.408 e. The molecule has 0 radical (unpaired) electrons. The summed E-state index contributed by atoms with van der Waals surface area (Å²) in [7, 11) is 0. The number of ether oxygens (including phenoxy) is 1. The highest BCUT2D eigenvalue weighted by atomic mass is 16.6. The minimum Gasteiger partial charge on any atom is -0.444 e. The Bertz CT molecular complexity index is 1200. The maximum absolute atomic E-state index is 14.1. The Morgan fingerprint density at radius 3 is 2.27 bits per heavy atom. The van der Waals surface area contributed by atoms with Crippen LogP contribution in [0.5, 0.6) is 0 Å². The average molecular weight is 549 g/mol. The summed E-state index contributed by atoms with van der Waals surface area (Å²) in [4.78, 5) is 53.9. The normalized spacial score (nSPS) is 12.4. The first kappa shape index (κ1) is 31.9. The fourth-order valence-electron chi connectivity index (χ4n) is 4.15. The van der Waals surface area contributed by atoms with Crippen molar-refractivity contribution in [1.82, 2.24) is 15.5 Å². The van der Waals surface area contributed by atoms with Gasteiger partial charge >= 0.3 is 6.09 Å². The molecule has 0 aromatic heterocycles. The third-order valence-electron chi connectivity index (χ3n) is 5.96. The number of alkyl carbamates (subject to hydrolysis) is 1. The third-order valence-corrected chi connectivity index (χ3v) is 5.96. The highest BCUT2D eigenvalue weighted by Crippen LogP contribution is 2.27. The number of unbranched alkanes of at least 4 members (excludes halogenated alkanes) is 2. The number of carbonyl (C=O) groups excluding carboxylic acids is 4. The molecule has 0 bridgehead atoms. The minimum atomic E-state index is -1.35. The molecule has 214 valence electrons. The van der Waals surface area contributed by atoms with Crippen molar-refractivity contribution in [2.45, 2.75) is 77.6 Å². The van der Waals surface area contributed by atoms with Crippen LogP contribution < -0.4 is 16.4 Å². The standard InChI is InChI=1S/C31H40N4O5/c1-6-8-14-19-35(29(38)25(20-26(32)36)34-30(39)40-31(3,4)5)27(24-18-13-12-17-23(24)7-2)28(37)33-21-22-15-10-9-11-16-22/h2,9-13,15-18,25,27H,6,8,14,19-21H2,1,3-5H3,(H2,32,36)(H,33,37)(H,34,39). The molecule has 0 aliphatic carbocycles. The highest BCUT2D eigenvalue weighted by Gasteiger charge is 2.37. The number of amides is 4. The van der Waals surface area contributed by atoms with Crippen LogP contribution >= 0.6 is 0 Å². The van der Waals surface area contributed by atoms with Crippen molar-refractivity contribution in [2.75, 3.05) is 6.54 Å². The molecule has 0 aliphatic heterocycles. The molecule has 0 spiro atoms. The first-order valence-electron chi connectivity index (χ1n) is 13.4. The molecule has 0 fully saturated rings. The second-order valence-corrected chi connectivity index (χ2v) is 10.4. The lowest BCUT2D eigenvalue weighted by Crippen LogP contribution is -2.54. The van der Waals surface area contributed by atoms with Gasteiger partial charge < -0.3 is 26.0 Å². The van der Waals surface area contributed by atoms with Crippen LogP contribution in [0, 0.1) is 12.3 Å². The van der Waals surface area contributed by atoms with Crippen LogP contribution in [-0.4, -0.2) is 46.9 Å². The molecule has 0 saturated heterocycles. The van der Waals surface area contributed by atoms with E-state index in [4.69, 9.17) is 16.9 Å². The quantitative estimate of drug-likeness (QED) is 0.259. The SMILES string of the molecule is C#Cc1ccccc1C(C(=O)NCc1ccccc1)N(CCCCC)C(=O)C(CC(N)=O)NC(=O)OC(C)(C)C. The predicted molar refractivity (Wildman–Crippen MR) is 154 cm³/mol. The van der Waals surface area contributed by atoms with Gasteiger partial charge in [0.2, 0.25) is 17.7 Å². The van der Waals surface area contributed by atoms with Gasteiger partial charge in [0, 0.05) is 18.7 Å². The van der Waals surface area contributed by atoms with Crippen molar-refractivity contribution in [1.29, 1.82) is 0 Å². The van der Waals surface area contributed by atoms with Gasteiger partial charge in [-0.1, -0.05) is 74.2 Å². The summed E-state index contributed by atoms with van der Waals surface area (Å²) in [6, 6.07) is 13.8. The largest absolute Gasteiger partial charge is 0.444 e. The van der Waals surface area contributed by atoms with Gasteiger partial charge in [0.25, 0.3) is 0 Å². The van der Waals surface area contributed by atoms with Gasteiger partial charge in [-0.2, -0.15) is 0 Å². The Hall–Kier alpha value is -4.32. The summed E-state index contributed by atoms with van der Waals surface area (Å²) in [5, 5.41) is 5.40. The van der Waals surface area contributed by atoms with Crippen LogP contribution in [-0.2, 0) is 25.7 Å². The number of carbonyl (C=O) groups is 4. The number of terminal acetylenes is 1. The Kier molecular flexibility index (Phi) is 12.2. The number of rotatable bonds is 13. The molecular formula is C31H40N4O5. The molecule has 2 unspecified atom stereocenters. The maximum atomic E-state index is 14.1. The van der Waals surface area contributed by atoms with Crippen LogP contribution in [0.4, 0.5) is 4.79 Å². The molecule has 9 nitrogen and oxygen atoms in total. The molecule has 0 aliphatic rings. The lowest BCUT2D eigenvalue weighted by atomic mass is 9.96. The molecule has 4 amide bonds. The second kappa shape index (κ2) is 15.3. The summed E-state index contributed by atoms with van der Waals surface area (Å²) in [5.41, 5.74) is 6.39. The molecule has 2 aromatic carbocycles. The Balaban J connectivity index is 2.54. The number of nitrogens with two attached hydrogens (primary N) is 1. The van der Waals surface area contributed by atoms with E-state index in [1.54, 1.807) is 45.0 Å². The van der Waals surface area contributed by atoms with Crippen LogP contribution in [0.3, 0.4) is 0 Å². The average Bonchev–Trinajstić information content (AvgIpc) is 2.90. The Morgan fingerprint density at radius 1 is 1.02 bits per heavy atom. The number of nitrogens with zero attached hydrogens (tertiary/aromatic N) is 1. The van der Waals surface area contributed by atoms with Crippen LogP contribution in [0.2, 0.25) is 0 Å². The number of nitrogens with one attached hydrogen (secondary N) is 2. The first-order valence-corrected chi connectivity index (χ1v) is 13.4. The van der Waals surface area contributed by atoms with Gasteiger partial charge in [-0.15, -0.1) is 6.42 Å². The zero-order valence-electron chi connectivity index (χ0n) is 23.7. The summed E-state index contributed by atoms with van der Waals surface area (Å²) < 4.78 is 5.32. The van der Waals surface area contributed by atoms with Crippen LogP contribution in [0.1, 0.15) is 76.1 Å². The van der Waals surface area contributed by atoms with E-state index in [9.17, 15) is 19.2 Å². The lowest BCUT2D eigenvalue weighted by Gasteiger charge is -2.35. The van der Waals surface area contributed by atoms with Crippen molar-refractivity contribution < 1.29 is 23.9 Å². The molecule has 4 N–H and O–H groups in total. The molecule has 0 saturated carbocycles. The lowest BCUT2D eigenvalue weighted by molar-refractivity contribution is -0.143. The molecular weight excluding hydrogens is 508 g/mol. The van der Waals surface area contributed by atoms with E-state index in [0.717, 1.165) is 18.4 Å². The van der Waals surface area contributed by atoms with Gasteiger partial charge in [-0.05, 0) is 44.4 Å². The van der Waals surface area contributed by atoms with E-state index in [2.05, 4.69) is 16.6 Å². The van der Waals surface area contributed by atoms with Gasteiger partial charge in [0.05, 0.1) is 6.42 Å². The van der Waals surface area contributed by atoms with Crippen molar-refractivity contribution in [3.05, 3.63) is 71.3 Å². The predicted octanol–water partition coefficient (Wildman–Crippen LogP) is 3.81. The fourth-order valence-corrected chi connectivity index (χ4v) is 4.15. The summed E-state index contributed by atoms with van der Waals surface area (Å²) >= 11 is 0. The third kappa shape index (κ3) is 10.1. The Labute approximate surface area is 236 Å². The van der Waals surface area contributed by atoms with Gasteiger partial charge in [0.15, 0.2) is 0 Å². The molecule has 2 aromatic rings. The van der Waals surface area contributed by atoms with E-state index in [-0.39, 0.29) is 13.1 Å². The van der Waals surface area contributed by atoms with E-state index in [1.807, 2.05) is 37.3 Å². The molecule has 9 heteroatoms. The second-order valence-electron chi connectivity index (χ2n) is 10.4. The van der Waals surface area contributed by atoms with Crippen molar-refractivity contribution >= 4 is 23.8 Å².